The van der Waals surface area contributed by atoms with Gasteiger partial charge >= 0.3 is 0 Å². The maximum absolute atomic E-state index is 13.3. The fourth-order valence-corrected chi connectivity index (χ4v) is 5.05. The van der Waals surface area contributed by atoms with Gasteiger partial charge in [-0.05, 0) is 59.0 Å². The van der Waals surface area contributed by atoms with Gasteiger partial charge in [0.2, 0.25) is 0 Å². The quantitative estimate of drug-likeness (QED) is 0.217. The number of Topliss-reactive ketones (excluding diaryl/α,β-unsaturated/α-hetero) is 1. The highest BCUT2D eigenvalue weighted by atomic mass is 16.5. The average molecular weight is 512 g/mol. The minimum Gasteiger partial charge on any atom is -0.497 e. The van der Waals surface area contributed by atoms with Crippen molar-refractivity contribution in [3.63, 3.8) is 0 Å². The maximum Gasteiger partial charge on any atom is 0.177 e. The number of ketones is 1. The van der Waals surface area contributed by atoms with Gasteiger partial charge in [-0.3, -0.25) is 4.79 Å². The molecule has 0 saturated carbocycles. The van der Waals surface area contributed by atoms with Crippen LogP contribution in [0, 0.1) is 0 Å². The Morgan fingerprint density at radius 1 is 0.632 bits per heavy atom. The van der Waals surface area contributed by atoms with Gasteiger partial charge in [-0.2, -0.15) is 0 Å². The highest BCUT2D eigenvalue weighted by Crippen LogP contribution is 2.46. The summed E-state index contributed by atoms with van der Waals surface area (Å²) in [5, 5.41) is 1.86. The maximum atomic E-state index is 13.3. The van der Waals surface area contributed by atoms with E-state index in [1.165, 1.54) is 0 Å². The normalized spacial score (nSPS) is 11.0. The summed E-state index contributed by atoms with van der Waals surface area (Å²) >= 11 is 0. The molecule has 0 amide bonds. The smallest absolute Gasteiger partial charge is 0.177 e. The Morgan fingerprint density at radius 3 is 1.84 bits per heavy atom. The summed E-state index contributed by atoms with van der Waals surface area (Å²) in [6, 6.07) is 19.4. The van der Waals surface area contributed by atoms with Crippen molar-refractivity contribution in [2.45, 2.75) is 6.92 Å². The molecule has 5 rings (SSSR count). The van der Waals surface area contributed by atoms with Crippen LogP contribution in [-0.2, 0) is 0 Å². The number of rotatable bonds is 8. The first-order chi connectivity index (χ1) is 18.4. The second-order valence-corrected chi connectivity index (χ2v) is 8.78. The Hall–Kier alpha value is -4.65. The molecule has 0 fully saturated rings. The van der Waals surface area contributed by atoms with E-state index in [1.54, 1.807) is 42.5 Å². The van der Waals surface area contributed by atoms with Crippen molar-refractivity contribution in [3.8, 4) is 51.0 Å². The van der Waals surface area contributed by atoms with Gasteiger partial charge in [-0.25, -0.2) is 0 Å². The van der Waals surface area contributed by atoms with E-state index in [0.29, 0.717) is 28.7 Å². The molecule has 7 nitrogen and oxygen atoms in total. The van der Waals surface area contributed by atoms with Crippen LogP contribution >= 0.6 is 0 Å². The Kier molecular flexibility index (Phi) is 6.59. The van der Waals surface area contributed by atoms with Gasteiger partial charge in [-0.1, -0.05) is 18.2 Å². The lowest BCUT2D eigenvalue weighted by Crippen LogP contribution is -2.01. The topological polar surface area (TPSA) is 67.6 Å². The molecule has 5 aromatic rings. The van der Waals surface area contributed by atoms with Crippen LogP contribution < -0.4 is 23.7 Å². The SMILES string of the molecule is COc1ccc(-c2c(-c3ccc(OC)c(OC)c3)c3c4cc(OC)c(OC)cc4ccn3c2C(C)=O)cc1. The van der Waals surface area contributed by atoms with Crippen LogP contribution in [0.3, 0.4) is 0 Å². The van der Waals surface area contributed by atoms with Crippen molar-refractivity contribution in [2.24, 2.45) is 0 Å². The van der Waals surface area contributed by atoms with Gasteiger partial charge in [0, 0.05) is 29.6 Å². The second-order valence-electron chi connectivity index (χ2n) is 8.78. The molecule has 3 aromatic carbocycles. The zero-order valence-electron chi connectivity index (χ0n) is 22.2. The third-order valence-electron chi connectivity index (χ3n) is 6.80. The Bertz CT molecular complexity index is 1670. The van der Waals surface area contributed by atoms with Crippen LogP contribution in [0.4, 0.5) is 0 Å². The van der Waals surface area contributed by atoms with E-state index in [2.05, 4.69) is 0 Å². The summed E-state index contributed by atoms with van der Waals surface area (Å²) in [6.45, 7) is 1.59. The van der Waals surface area contributed by atoms with E-state index in [1.807, 2.05) is 71.3 Å². The first kappa shape index (κ1) is 25.0. The molecule has 194 valence electrons. The highest BCUT2D eigenvalue weighted by Gasteiger charge is 2.26. The number of carbonyl (C=O) groups excluding carboxylic acids is 1. The number of pyridine rings is 1. The number of carbonyl (C=O) groups is 1. The molecule has 2 aromatic heterocycles. The zero-order chi connectivity index (χ0) is 27.0. The third kappa shape index (κ3) is 3.96. The van der Waals surface area contributed by atoms with Crippen LogP contribution in [0.1, 0.15) is 17.4 Å². The lowest BCUT2D eigenvalue weighted by Gasteiger charge is -2.13. The van der Waals surface area contributed by atoms with Crippen molar-refractivity contribution < 1.29 is 28.5 Å². The number of methoxy groups -OCH3 is 5. The monoisotopic (exact) mass is 511 g/mol. The number of hydrogen-bond donors (Lipinski definition) is 0. The molecule has 38 heavy (non-hydrogen) atoms. The molecule has 0 radical (unpaired) electrons. The minimum atomic E-state index is -0.0580. The summed E-state index contributed by atoms with van der Waals surface area (Å²) in [5.41, 5.74) is 4.91. The van der Waals surface area contributed by atoms with Crippen molar-refractivity contribution in [2.75, 3.05) is 35.5 Å². The second kappa shape index (κ2) is 10.0. The molecule has 0 aliphatic carbocycles. The summed E-state index contributed by atoms with van der Waals surface area (Å²) < 4.78 is 29.7. The molecule has 0 aliphatic heterocycles. The van der Waals surface area contributed by atoms with Crippen molar-refractivity contribution in [1.29, 1.82) is 0 Å². The Morgan fingerprint density at radius 2 is 1.24 bits per heavy atom. The fraction of sp³-hybridized carbons (Fsp3) is 0.194. The van der Waals surface area contributed by atoms with E-state index in [0.717, 1.165) is 44.3 Å². The van der Waals surface area contributed by atoms with E-state index in [-0.39, 0.29) is 5.78 Å². The first-order valence-electron chi connectivity index (χ1n) is 12.1. The Labute approximate surface area is 221 Å². The van der Waals surface area contributed by atoms with Crippen molar-refractivity contribution in [3.05, 3.63) is 72.6 Å². The van der Waals surface area contributed by atoms with Crippen molar-refractivity contribution in [1.82, 2.24) is 4.40 Å². The summed E-state index contributed by atoms with van der Waals surface area (Å²) in [7, 11) is 8.07. The van der Waals surface area contributed by atoms with Crippen LogP contribution in [0.2, 0.25) is 0 Å². The van der Waals surface area contributed by atoms with Gasteiger partial charge in [0.25, 0.3) is 0 Å². The predicted octanol–water partition coefficient (Wildman–Crippen LogP) is 6.67. The summed E-state index contributed by atoms with van der Waals surface area (Å²) in [6.07, 6.45) is 1.93. The molecule has 0 spiro atoms. The average Bonchev–Trinajstić information content (AvgIpc) is 3.31. The van der Waals surface area contributed by atoms with E-state index < -0.39 is 0 Å². The minimum absolute atomic E-state index is 0.0580. The molecule has 0 atom stereocenters. The van der Waals surface area contributed by atoms with Gasteiger partial charge in [0.05, 0.1) is 46.8 Å². The van der Waals surface area contributed by atoms with Gasteiger partial charge < -0.3 is 28.1 Å². The molecular formula is C31H29NO6. The van der Waals surface area contributed by atoms with Crippen LogP contribution in [0.15, 0.2) is 66.9 Å². The number of aromatic nitrogens is 1. The number of nitrogens with zero attached hydrogens (tertiary/aromatic N) is 1. The number of fused-ring (bicyclic) bond motifs is 3. The molecule has 0 saturated heterocycles. The lowest BCUT2D eigenvalue weighted by molar-refractivity contribution is 0.101. The molecule has 0 unspecified atom stereocenters. The molecule has 0 aliphatic rings. The lowest BCUT2D eigenvalue weighted by atomic mass is 9.93. The summed E-state index contributed by atoms with van der Waals surface area (Å²) in [5.74, 6) is 3.12. The van der Waals surface area contributed by atoms with Gasteiger partial charge in [0.1, 0.15) is 5.75 Å². The molecule has 0 bridgehead atoms. The number of ether oxygens (including phenoxy) is 5. The number of benzene rings is 3. The summed E-state index contributed by atoms with van der Waals surface area (Å²) in [4.78, 5) is 13.3. The first-order valence-corrected chi connectivity index (χ1v) is 12.1. The van der Waals surface area contributed by atoms with Crippen LogP contribution in [0.5, 0.6) is 28.7 Å². The number of hydrogen-bond acceptors (Lipinski definition) is 6. The molecule has 0 N–H and O–H groups in total. The van der Waals surface area contributed by atoms with Gasteiger partial charge in [0.15, 0.2) is 28.8 Å². The highest BCUT2D eigenvalue weighted by molar-refractivity contribution is 6.15. The molecular weight excluding hydrogens is 482 g/mol. The van der Waals surface area contributed by atoms with E-state index in [4.69, 9.17) is 23.7 Å². The largest absolute Gasteiger partial charge is 0.497 e. The van der Waals surface area contributed by atoms with Crippen molar-refractivity contribution >= 4 is 22.1 Å². The van der Waals surface area contributed by atoms with Gasteiger partial charge in [-0.15, -0.1) is 0 Å². The third-order valence-corrected chi connectivity index (χ3v) is 6.80. The van der Waals surface area contributed by atoms with Crippen LogP contribution in [0.25, 0.3) is 38.5 Å². The zero-order valence-corrected chi connectivity index (χ0v) is 22.2. The van der Waals surface area contributed by atoms with Crippen LogP contribution in [-0.4, -0.2) is 45.7 Å². The van der Waals surface area contributed by atoms with E-state index in [9.17, 15) is 4.79 Å². The standard InChI is InChI=1S/C31H29NO6/c1-18(33)30-28(19-7-10-22(34-2)11-8-19)29(21-9-12-24(35-3)25(16-21)36-4)31-23-17-27(38-6)26(37-5)15-20(23)13-14-32(30)31/h7-17H,1-6H3. The molecule has 7 heteroatoms. The predicted molar refractivity (Wildman–Crippen MR) is 149 cm³/mol. The fourth-order valence-electron chi connectivity index (χ4n) is 5.05. The Balaban J connectivity index is 1.99. The molecule has 2 heterocycles. The van der Waals surface area contributed by atoms with E-state index >= 15 is 0 Å².